The maximum Gasteiger partial charge on any atom is 0.242 e. The van der Waals surface area contributed by atoms with Gasteiger partial charge in [-0.15, -0.1) is 12.4 Å². The summed E-state index contributed by atoms with van der Waals surface area (Å²) in [5.74, 6) is -0.240. The molecule has 1 amide bonds. The lowest BCUT2D eigenvalue weighted by molar-refractivity contribution is -0.118. The van der Waals surface area contributed by atoms with Gasteiger partial charge in [0.2, 0.25) is 5.91 Å². The molecule has 1 rings (SSSR count). The number of rotatable bonds is 3. The van der Waals surface area contributed by atoms with Gasteiger partial charge in [0.25, 0.3) is 0 Å². The van der Waals surface area contributed by atoms with Gasteiger partial charge in [0.15, 0.2) is 11.6 Å². The molecule has 0 saturated heterocycles. The fraction of sp³-hybridized carbons (Fsp3) is 0.400. The number of aromatic hydroxyl groups is 1. The Morgan fingerprint density at radius 3 is 2.69 bits per heavy atom. The quantitative estimate of drug-likeness (QED) is 0.745. The molecule has 0 unspecified atom stereocenters. The molecular formula is C10H16ClN3O2. The molecule has 0 aliphatic heterocycles. The lowest BCUT2D eigenvalue weighted by Crippen LogP contribution is -2.39. The first kappa shape index (κ1) is 14.7. The summed E-state index contributed by atoms with van der Waals surface area (Å²) in [6, 6.07) is 2.42. The van der Waals surface area contributed by atoms with E-state index in [1.807, 2.05) is 13.8 Å². The molecule has 4 N–H and O–H groups in total. The summed E-state index contributed by atoms with van der Waals surface area (Å²) in [5.41, 5.74) is 5.64. The first-order chi connectivity index (χ1) is 7.02. The highest BCUT2D eigenvalue weighted by atomic mass is 35.5. The highest BCUT2D eigenvalue weighted by Crippen LogP contribution is 2.18. The summed E-state index contributed by atoms with van der Waals surface area (Å²) in [7, 11) is 0. The highest BCUT2D eigenvalue weighted by Gasteiger charge is 2.18. The molecule has 6 heteroatoms. The molecule has 0 saturated carbocycles. The normalized spacial score (nSPS) is 11.8. The molecule has 0 aliphatic rings. The van der Waals surface area contributed by atoms with E-state index in [-0.39, 0.29) is 35.8 Å². The molecule has 0 aliphatic carbocycles. The van der Waals surface area contributed by atoms with Crippen molar-refractivity contribution in [1.82, 2.24) is 4.98 Å². The molecule has 1 atom stereocenters. The molecular weight excluding hydrogens is 230 g/mol. The molecule has 0 fully saturated rings. The van der Waals surface area contributed by atoms with Crippen molar-refractivity contribution in [2.45, 2.75) is 19.9 Å². The Hall–Kier alpha value is -1.33. The standard InChI is InChI=1S/C10H15N3O2.ClH/c1-6(2)8(11)10(15)13-9-7(14)4-3-5-12-9;/h3-6,8,14H,11H2,1-2H3,(H,12,13,15);1H/t8-;/m1./s1. The molecule has 0 spiro atoms. The minimum Gasteiger partial charge on any atom is -0.504 e. The van der Waals surface area contributed by atoms with E-state index in [4.69, 9.17) is 5.73 Å². The van der Waals surface area contributed by atoms with Crippen molar-refractivity contribution in [3.63, 3.8) is 0 Å². The van der Waals surface area contributed by atoms with E-state index in [1.165, 1.54) is 12.3 Å². The van der Waals surface area contributed by atoms with Crippen molar-refractivity contribution < 1.29 is 9.90 Å². The topological polar surface area (TPSA) is 88.2 Å². The van der Waals surface area contributed by atoms with E-state index >= 15 is 0 Å². The zero-order chi connectivity index (χ0) is 11.4. The lowest BCUT2D eigenvalue weighted by atomic mass is 10.1. The average Bonchev–Trinajstić information content (AvgIpc) is 2.20. The second-order valence-electron chi connectivity index (χ2n) is 3.63. The van der Waals surface area contributed by atoms with Gasteiger partial charge in [-0.25, -0.2) is 4.98 Å². The Bertz CT molecular complexity index is 358. The number of hydrogen-bond donors (Lipinski definition) is 3. The van der Waals surface area contributed by atoms with Gasteiger partial charge in [-0.05, 0) is 18.1 Å². The Morgan fingerprint density at radius 1 is 1.56 bits per heavy atom. The first-order valence-corrected chi connectivity index (χ1v) is 4.72. The molecule has 1 aromatic rings. The van der Waals surface area contributed by atoms with Crippen LogP contribution in [0.15, 0.2) is 18.3 Å². The van der Waals surface area contributed by atoms with E-state index < -0.39 is 6.04 Å². The monoisotopic (exact) mass is 245 g/mol. The zero-order valence-electron chi connectivity index (χ0n) is 9.18. The van der Waals surface area contributed by atoms with Gasteiger partial charge < -0.3 is 16.2 Å². The molecule has 5 nitrogen and oxygen atoms in total. The Labute approximate surface area is 100 Å². The van der Waals surface area contributed by atoms with Crippen molar-refractivity contribution in [1.29, 1.82) is 0 Å². The lowest BCUT2D eigenvalue weighted by Gasteiger charge is -2.15. The summed E-state index contributed by atoms with van der Waals surface area (Å²) in [6.45, 7) is 3.70. The summed E-state index contributed by atoms with van der Waals surface area (Å²) < 4.78 is 0. The zero-order valence-corrected chi connectivity index (χ0v) is 9.99. The van der Waals surface area contributed by atoms with Crippen LogP contribution in [0.3, 0.4) is 0 Å². The predicted octanol–water partition coefficient (Wildman–Crippen LogP) is 1.13. The van der Waals surface area contributed by atoms with Crippen LogP contribution in [-0.2, 0) is 4.79 Å². The van der Waals surface area contributed by atoms with Crippen LogP contribution in [0.5, 0.6) is 5.75 Å². The SMILES string of the molecule is CC(C)[C@@H](N)C(=O)Nc1ncccc1O.Cl. The number of pyridine rings is 1. The maximum absolute atomic E-state index is 11.5. The number of nitrogens with zero attached hydrogens (tertiary/aromatic N) is 1. The second-order valence-corrected chi connectivity index (χ2v) is 3.63. The number of aromatic nitrogens is 1. The molecule has 0 aromatic carbocycles. The van der Waals surface area contributed by atoms with Crippen LogP contribution in [0.1, 0.15) is 13.8 Å². The average molecular weight is 246 g/mol. The largest absolute Gasteiger partial charge is 0.504 e. The smallest absolute Gasteiger partial charge is 0.242 e. The summed E-state index contributed by atoms with van der Waals surface area (Å²) >= 11 is 0. The summed E-state index contributed by atoms with van der Waals surface area (Å²) in [6.07, 6.45) is 1.48. The Morgan fingerprint density at radius 2 is 2.19 bits per heavy atom. The van der Waals surface area contributed by atoms with E-state index in [0.29, 0.717) is 0 Å². The van der Waals surface area contributed by atoms with Gasteiger partial charge in [-0.2, -0.15) is 0 Å². The molecule has 90 valence electrons. The van der Waals surface area contributed by atoms with Gasteiger partial charge in [-0.3, -0.25) is 4.79 Å². The Balaban J connectivity index is 0.00000225. The molecule has 0 bridgehead atoms. The van der Waals surface area contributed by atoms with Gasteiger partial charge in [0.1, 0.15) is 0 Å². The van der Waals surface area contributed by atoms with Gasteiger partial charge in [0.05, 0.1) is 6.04 Å². The fourth-order valence-electron chi connectivity index (χ4n) is 0.996. The van der Waals surface area contributed by atoms with Crippen LogP contribution in [0, 0.1) is 5.92 Å². The minimum absolute atomic E-state index is 0. The minimum atomic E-state index is -0.605. The first-order valence-electron chi connectivity index (χ1n) is 4.72. The Kier molecular flexibility index (Phi) is 5.77. The maximum atomic E-state index is 11.5. The van der Waals surface area contributed by atoms with Gasteiger partial charge in [0, 0.05) is 6.20 Å². The van der Waals surface area contributed by atoms with E-state index in [2.05, 4.69) is 10.3 Å². The summed E-state index contributed by atoms with van der Waals surface area (Å²) in [4.78, 5) is 15.3. The number of amides is 1. The number of nitrogens with one attached hydrogen (secondary N) is 1. The third-order valence-electron chi connectivity index (χ3n) is 2.05. The van der Waals surface area contributed by atoms with E-state index in [1.54, 1.807) is 6.07 Å². The van der Waals surface area contributed by atoms with Gasteiger partial charge >= 0.3 is 0 Å². The second kappa shape index (κ2) is 6.30. The third-order valence-corrected chi connectivity index (χ3v) is 2.05. The number of anilines is 1. The van der Waals surface area contributed by atoms with Crippen LogP contribution in [0.25, 0.3) is 0 Å². The molecule has 16 heavy (non-hydrogen) atoms. The van der Waals surface area contributed by atoms with Gasteiger partial charge in [-0.1, -0.05) is 13.8 Å². The number of halogens is 1. The third kappa shape index (κ3) is 3.67. The van der Waals surface area contributed by atoms with E-state index in [9.17, 15) is 9.90 Å². The van der Waals surface area contributed by atoms with Crippen molar-refractivity contribution in [3.8, 4) is 5.75 Å². The number of carbonyl (C=O) groups is 1. The van der Waals surface area contributed by atoms with Crippen LogP contribution in [0.4, 0.5) is 5.82 Å². The summed E-state index contributed by atoms with van der Waals surface area (Å²) in [5, 5.41) is 11.8. The van der Waals surface area contributed by atoms with Crippen molar-refractivity contribution in [3.05, 3.63) is 18.3 Å². The number of hydrogen-bond acceptors (Lipinski definition) is 4. The van der Waals surface area contributed by atoms with Crippen molar-refractivity contribution >= 4 is 24.1 Å². The highest BCUT2D eigenvalue weighted by molar-refractivity contribution is 5.95. The van der Waals surface area contributed by atoms with E-state index in [0.717, 1.165) is 0 Å². The fourth-order valence-corrected chi connectivity index (χ4v) is 0.996. The van der Waals surface area contributed by atoms with Crippen LogP contribution in [0.2, 0.25) is 0 Å². The predicted molar refractivity (Wildman–Crippen MR) is 64.6 cm³/mol. The number of nitrogens with two attached hydrogens (primary N) is 1. The molecule has 1 aromatic heterocycles. The van der Waals surface area contributed by atoms with Crippen molar-refractivity contribution in [2.24, 2.45) is 11.7 Å². The van der Waals surface area contributed by atoms with Crippen LogP contribution >= 0.6 is 12.4 Å². The molecule has 1 heterocycles. The van der Waals surface area contributed by atoms with Crippen LogP contribution in [-0.4, -0.2) is 22.0 Å². The van der Waals surface area contributed by atoms with Crippen LogP contribution < -0.4 is 11.1 Å². The molecule has 0 radical (unpaired) electrons. The number of carbonyl (C=O) groups excluding carboxylic acids is 1. The van der Waals surface area contributed by atoms with Crippen molar-refractivity contribution in [2.75, 3.05) is 5.32 Å².